The quantitative estimate of drug-likeness (QED) is 0.585. The fourth-order valence-corrected chi connectivity index (χ4v) is 5.42. The maximum absolute atomic E-state index is 13.0. The Hall–Kier alpha value is -2.62. The molecule has 29 heavy (non-hydrogen) atoms. The Morgan fingerprint density at radius 2 is 1.72 bits per heavy atom. The fourth-order valence-electron chi connectivity index (χ4n) is 3.40. The predicted molar refractivity (Wildman–Crippen MR) is 111 cm³/mol. The van der Waals surface area contributed by atoms with Crippen LogP contribution in [0, 0.1) is 0 Å². The Balaban J connectivity index is 1.61. The number of nitrogens with one attached hydrogen (secondary N) is 3. The Kier molecular flexibility index (Phi) is 5.20. The van der Waals surface area contributed by atoms with Gasteiger partial charge in [-0.25, -0.2) is 13.2 Å². The maximum atomic E-state index is 13.0. The molecule has 0 spiro atoms. The van der Waals surface area contributed by atoms with Crippen molar-refractivity contribution in [2.45, 2.75) is 24.2 Å². The zero-order valence-electron chi connectivity index (χ0n) is 15.4. The summed E-state index contributed by atoms with van der Waals surface area (Å²) in [4.78, 5) is 29.2. The number of hydrogen-bond donors (Lipinski definition) is 3. The summed E-state index contributed by atoms with van der Waals surface area (Å²) >= 11 is 6.16. The van der Waals surface area contributed by atoms with Gasteiger partial charge in [-0.15, -0.1) is 0 Å². The van der Waals surface area contributed by atoms with E-state index in [9.17, 15) is 18.0 Å². The molecule has 152 valence electrons. The summed E-state index contributed by atoms with van der Waals surface area (Å²) in [7, 11) is -3.77. The van der Waals surface area contributed by atoms with Crippen LogP contribution in [0.4, 0.5) is 5.69 Å². The summed E-state index contributed by atoms with van der Waals surface area (Å²) in [5, 5.41) is 2.79. The molecule has 10 heteroatoms. The Morgan fingerprint density at radius 3 is 2.48 bits per heavy atom. The van der Waals surface area contributed by atoms with E-state index in [2.05, 4.69) is 15.3 Å². The lowest BCUT2D eigenvalue weighted by molar-refractivity contribution is 0.102. The highest BCUT2D eigenvalue weighted by molar-refractivity contribution is 7.89. The van der Waals surface area contributed by atoms with Gasteiger partial charge in [-0.2, -0.15) is 4.31 Å². The van der Waals surface area contributed by atoms with Gasteiger partial charge in [-0.3, -0.25) is 4.79 Å². The molecule has 4 rings (SSSR count). The number of rotatable bonds is 4. The zero-order valence-corrected chi connectivity index (χ0v) is 16.9. The molecule has 0 atom stereocenters. The second-order valence-electron chi connectivity index (χ2n) is 6.90. The van der Waals surface area contributed by atoms with Crippen LogP contribution in [-0.2, 0) is 10.0 Å². The summed E-state index contributed by atoms with van der Waals surface area (Å²) in [6, 6.07) is 9.12. The zero-order chi connectivity index (χ0) is 20.6. The molecule has 2 heterocycles. The van der Waals surface area contributed by atoms with Gasteiger partial charge in [0.05, 0.1) is 16.1 Å². The van der Waals surface area contributed by atoms with Crippen molar-refractivity contribution in [2.24, 2.45) is 0 Å². The van der Waals surface area contributed by atoms with E-state index in [0.29, 0.717) is 29.8 Å². The van der Waals surface area contributed by atoms with Gasteiger partial charge >= 0.3 is 5.69 Å². The second kappa shape index (κ2) is 7.66. The SMILES string of the molecule is O=C(Nc1ccc2[nH]c(=O)[nH]c2c1)c1ccc(Cl)c(S(=O)(=O)N2CCCCC2)c1. The first-order valence-corrected chi connectivity index (χ1v) is 11.0. The minimum absolute atomic E-state index is 0.0702. The third-order valence-electron chi connectivity index (χ3n) is 4.90. The lowest BCUT2D eigenvalue weighted by Crippen LogP contribution is -2.35. The molecule has 1 aromatic heterocycles. The Bertz CT molecular complexity index is 1240. The molecule has 0 radical (unpaired) electrons. The average molecular weight is 435 g/mol. The first kappa shape index (κ1) is 19.7. The van der Waals surface area contributed by atoms with E-state index in [4.69, 9.17) is 11.6 Å². The molecular weight excluding hydrogens is 416 g/mol. The van der Waals surface area contributed by atoms with Crippen molar-refractivity contribution in [1.29, 1.82) is 0 Å². The van der Waals surface area contributed by atoms with Gasteiger partial charge in [-0.1, -0.05) is 18.0 Å². The molecule has 1 aliphatic rings. The van der Waals surface area contributed by atoms with Crippen LogP contribution < -0.4 is 11.0 Å². The molecule has 3 N–H and O–H groups in total. The molecule has 3 aromatic rings. The van der Waals surface area contributed by atoms with Crippen LogP contribution >= 0.6 is 11.6 Å². The van der Waals surface area contributed by atoms with Crippen molar-refractivity contribution in [3.63, 3.8) is 0 Å². The van der Waals surface area contributed by atoms with Crippen LogP contribution in [0.5, 0.6) is 0 Å². The third-order valence-corrected chi connectivity index (χ3v) is 7.28. The van der Waals surface area contributed by atoms with Crippen molar-refractivity contribution < 1.29 is 13.2 Å². The van der Waals surface area contributed by atoms with Gasteiger partial charge in [-0.05, 0) is 49.2 Å². The van der Waals surface area contributed by atoms with Gasteiger partial charge in [0.15, 0.2) is 0 Å². The van der Waals surface area contributed by atoms with Gasteiger partial charge in [0.2, 0.25) is 10.0 Å². The minimum atomic E-state index is -3.77. The number of carbonyl (C=O) groups excluding carboxylic acids is 1. The number of H-pyrrole nitrogens is 2. The first-order chi connectivity index (χ1) is 13.8. The number of fused-ring (bicyclic) bond motifs is 1. The minimum Gasteiger partial charge on any atom is -0.322 e. The molecular formula is C19H19ClN4O4S. The number of aromatic nitrogens is 2. The number of carbonyl (C=O) groups is 1. The number of halogens is 1. The lowest BCUT2D eigenvalue weighted by Gasteiger charge is -2.26. The smallest absolute Gasteiger partial charge is 0.322 e. The van der Waals surface area contributed by atoms with Gasteiger partial charge < -0.3 is 15.3 Å². The van der Waals surface area contributed by atoms with Crippen LogP contribution in [0.3, 0.4) is 0 Å². The third kappa shape index (κ3) is 3.93. The highest BCUT2D eigenvalue weighted by Gasteiger charge is 2.28. The van der Waals surface area contributed by atoms with Gasteiger partial charge in [0.1, 0.15) is 4.90 Å². The topological polar surface area (TPSA) is 115 Å². The molecule has 0 bridgehead atoms. The maximum Gasteiger partial charge on any atom is 0.323 e. The summed E-state index contributed by atoms with van der Waals surface area (Å²) in [5.41, 5.74) is 1.47. The molecule has 0 unspecified atom stereocenters. The van der Waals surface area contributed by atoms with E-state index in [0.717, 1.165) is 19.3 Å². The van der Waals surface area contributed by atoms with E-state index >= 15 is 0 Å². The van der Waals surface area contributed by atoms with Crippen LogP contribution in [0.25, 0.3) is 11.0 Å². The van der Waals surface area contributed by atoms with Gasteiger partial charge in [0, 0.05) is 24.3 Å². The van der Waals surface area contributed by atoms with Gasteiger partial charge in [0.25, 0.3) is 5.91 Å². The number of piperidine rings is 1. The van der Waals surface area contributed by atoms with Crippen molar-refractivity contribution in [2.75, 3.05) is 18.4 Å². The number of amides is 1. The van der Waals surface area contributed by atoms with E-state index < -0.39 is 15.9 Å². The van der Waals surface area contributed by atoms with E-state index in [1.807, 2.05) is 0 Å². The monoisotopic (exact) mass is 434 g/mol. The molecule has 1 amide bonds. The summed E-state index contributed by atoms with van der Waals surface area (Å²) < 4.78 is 27.3. The average Bonchev–Trinajstić information content (AvgIpc) is 3.08. The number of benzene rings is 2. The van der Waals surface area contributed by atoms with E-state index in [1.165, 1.54) is 22.5 Å². The molecule has 2 aromatic carbocycles. The summed E-state index contributed by atoms with van der Waals surface area (Å²) in [5.74, 6) is -0.478. The largest absolute Gasteiger partial charge is 0.323 e. The number of aromatic amines is 2. The van der Waals surface area contributed by atoms with E-state index in [1.54, 1.807) is 18.2 Å². The van der Waals surface area contributed by atoms with Crippen molar-refractivity contribution >= 4 is 44.3 Å². The Labute approximate surface area is 171 Å². The van der Waals surface area contributed by atoms with Crippen molar-refractivity contribution in [3.8, 4) is 0 Å². The van der Waals surface area contributed by atoms with Crippen LogP contribution in [0.15, 0.2) is 46.1 Å². The van der Waals surface area contributed by atoms with Crippen molar-refractivity contribution in [1.82, 2.24) is 14.3 Å². The number of imidazole rings is 1. The molecule has 0 aliphatic carbocycles. The number of nitrogens with zero attached hydrogens (tertiary/aromatic N) is 1. The van der Waals surface area contributed by atoms with E-state index in [-0.39, 0.29) is 21.2 Å². The predicted octanol–water partition coefficient (Wildman–Crippen LogP) is 2.94. The second-order valence-corrected chi connectivity index (χ2v) is 9.22. The number of anilines is 1. The highest BCUT2D eigenvalue weighted by atomic mass is 35.5. The fraction of sp³-hybridized carbons (Fsp3) is 0.263. The molecule has 1 aliphatic heterocycles. The standard InChI is InChI=1S/C19H19ClN4O4S/c20-14-6-4-12(10-17(14)29(27,28)24-8-2-1-3-9-24)18(25)21-13-5-7-15-16(11-13)23-19(26)22-15/h4-7,10-11H,1-3,8-9H2,(H,21,25)(H2,22,23,26). The van der Waals surface area contributed by atoms with Crippen LogP contribution in [0.1, 0.15) is 29.6 Å². The molecule has 8 nitrogen and oxygen atoms in total. The number of sulfonamides is 1. The lowest BCUT2D eigenvalue weighted by atomic mass is 10.2. The molecule has 0 saturated carbocycles. The summed E-state index contributed by atoms with van der Waals surface area (Å²) in [6.45, 7) is 0.897. The van der Waals surface area contributed by atoms with Crippen LogP contribution in [-0.4, -0.2) is 41.7 Å². The normalized spacial score (nSPS) is 15.5. The molecule has 1 saturated heterocycles. The van der Waals surface area contributed by atoms with Crippen LogP contribution in [0.2, 0.25) is 5.02 Å². The van der Waals surface area contributed by atoms with Crippen molar-refractivity contribution in [3.05, 3.63) is 57.5 Å². The number of hydrogen-bond acceptors (Lipinski definition) is 4. The highest BCUT2D eigenvalue weighted by Crippen LogP contribution is 2.28. The Morgan fingerprint density at radius 1 is 1.00 bits per heavy atom. The summed E-state index contributed by atoms with van der Waals surface area (Å²) in [6.07, 6.45) is 2.61. The molecule has 1 fully saturated rings. The first-order valence-electron chi connectivity index (χ1n) is 9.18.